The van der Waals surface area contributed by atoms with E-state index in [1.807, 2.05) is 6.92 Å². The molecule has 0 saturated heterocycles. The van der Waals surface area contributed by atoms with Gasteiger partial charge < -0.3 is 16.4 Å². The zero-order valence-electron chi connectivity index (χ0n) is 16.6. The molecule has 156 valence electrons. The number of aliphatic imine (C=N–C) groups is 1. The Morgan fingerprint density at radius 3 is 2.50 bits per heavy atom. The van der Waals surface area contributed by atoms with Crippen LogP contribution in [0.3, 0.4) is 0 Å². The summed E-state index contributed by atoms with van der Waals surface area (Å²) in [6, 6.07) is 10.6. The number of nitrogens with two attached hydrogens (primary N) is 1. The predicted octanol–water partition coefficient (Wildman–Crippen LogP) is 3.21. The average molecular weight is 428 g/mol. The number of hydrogen-bond donors (Lipinski definition) is 4. The topological polar surface area (TPSA) is 120 Å². The van der Waals surface area contributed by atoms with Crippen LogP contribution in [-0.4, -0.2) is 28.6 Å². The summed E-state index contributed by atoms with van der Waals surface area (Å²) in [6.45, 7) is 3.14. The highest BCUT2D eigenvalue weighted by atomic mass is 32.2. The Morgan fingerprint density at radius 1 is 1.20 bits per heavy atom. The molecule has 1 atom stereocenters. The highest BCUT2D eigenvalue weighted by Gasteiger charge is 2.32. The molecule has 7 nitrogen and oxygen atoms in total. The SMILES string of the molecule is CC(=O)NC(=N)c1ccc(C(=O)Nc2ccc(F)c([C@]3(C)CCSC(N)=N3)c2)cc1. The lowest BCUT2D eigenvalue weighted by atomic mass is 9.89. The number of anilines is 1. The number of nitrogens with zero attached hydrogens (tertiary/aromatic N) is 1. The molecule has 0 bridgehead atoms. The van der Waals surface area contributed by atoms with E-state index in [1.165, 1.54) is 30.8 Å². The Morgan fingerprint density at radius 2 is 1.87 bits per heavy atom. The van der Waals surface area contributed by atoms with Gasteiger partial charge in [-0.05, 0) is 43.7 Å². The first kappa shape index (κ1) is 21.5. The molecule has 0 aromatic heterocycles. The van der Waals surface area contributed by atoms with Gasteiger partial charge in [0.25, 0.3) is 5.91 Å². The van der Waals surface area contributed by atoms with Gasteiger partial charge in [-0.1, -0.05) is 23.9 Å². The summed E-state index contributed by atoms with van der Waals surface area (Å²) in [4.78, 5) is 28.1. The van der Waals surface area contributed by atoms with Gasteiger partial charge >= 0.3 is 0 Å². The lowest BCUT2D eigenvalue weighted by Gasteiger charge is -2.30. The number of benzene rings is 2. The van der Waals surface area contributed by atoms with E-state index in [0.717, 1.165) is 5.75 Å². The largest absolute Gasteiger partial charge is 0.379 e. The van der Waals surface area contributed by atoms with Gasteiger partial charge in [0.2, 0.25) is 5.91 Å². The fourth-order valence-electron chi connectivity index (χ4n) is 3.14. The Labute approximate surface area is 177 Å². The van der Waals surface area contributed by atoms with Crippen molar-refractivity contribution in [2.75, 3.05) is 11.1 Å². The summed E-state index contributed by atoms with van der Waals surface area (Å²) in [6.07, 6.45) is 0.633. The minimum atomic E-state index is -0.786. The Hall–Kier alpha value is -3.20. The second kappa shape index (κ2) is 8.66. The van der Waals surface area contributed by atoms with Crippen molar-refractivity contribution in [3.05, 3.63) is 65.0 Å². The maximum absolute atomic E-state index is 14.5. The molecule has 3 rings (SSSR count). The summed E-state index contributed by atoms with van der Waals surface area (Å²) in [5.74, 6) is -0.430. The molecule has 2 aromatic rings. The molecule has 0 unspecified atom stereocenters. The average Bonchev–Trinajstić information content (AvgIpc) is 2.68. The molecule has 1 aliphatic rings. The van der Waals surface area contributed by atoms with Gasteiger partial charge in [0, 0.05) is 35.1 Å². The maximum atomic E-state index is 14.5. The second-order valence-corrected chi connectivity index (χ2v) is 8.22. The zero-order valence-corrected chi connectivity index (χ0v) is 17.4. The van der Waals surface area contributed by atoms with Crippen LogP contribution in [0.25, 0.3) is 0 Å². The quantitative estimate of drug-likeness (QED) is 0.442. The normalized spacial score (nSPS) is 18.3. The van der Waals surface area contributed by atoms with E-state index in [2.05, 4.69) is 15.6 Å². The number of nitrogens with one attached hydrogen (secondary N) is 3. The first-order valence-corrected chi connectivity index (χ1v) is 10.2. The van der Waals surface area contributed by atoms with Crippen molar-refractivity contribution in [3.63, 3.8) is 0 Å². The number of carbonyl (C=O) groups excluding carboxylic acids is 2. The van der Waals surface area contributed by atoms with E-state index in [1.54, 1.807) is 30.3 Å². The van der Waals surface area contributed by atoms with E-state index >= 15 is 0 Å². The number of amidine groups is 2. The summed E-state index contributed by atoms with van der Waals surface area (Å²) in [5.41, 5.74) is 6.71. The fraction of sp³-hybridized carbons (Fsp3) is 0.238. The lowest BCUT2D eigenvalue weighted by Crippen LogP contribution is -2.29. The number of rotatable bonds is 4. The third-order valence-electron chi connectivity index (χ3n) is 4.74. The van der Waals surface area contributed by atoms with Crippen LogP contribution in [0.4, 0.5) is 10.1 Å². The molecular weight excluding hydrogens is 405 g/mol. The van der Waals surface area contributed by atoms with E-state index < -0.39 is 11.4 Å². The Kier molecular flexibility index (Phi) is 6.21. The zero-order chi connectivity index (χ0) is 21.9. The van der Waals surface area contributed by atoms with Crippen LogP contribution >= 0.6 is 11.8 Å². The second-order valence-electron chi connectivity index (χ2n) is 7.10. The molecule has 1 heterocycles. The smallest absolute Gasteiger partial charge is 0.255 e. The molecule has 0 saturated carbocycles. The first-order chi connectivity index (χ1) is 14.2. The van der Waals surface area contributed by atoms with Gasteiger partial charge in [0.15, 0.2) is 5.17 Å². The van der Waals surface area contributed by atoms with Gasteiger partial charge in [-0.3, -0.25) is 20.0 Å². The van der Waals surface area contributed by atoms with Crippen LogP contribution in [0.1, 0.15) is 41.8 Å². The molecule has 2 aromatic carbocycles. The molecule has 0 spiro atoms. The van der Waals surface area contributed by atoms with Gasteiger partial charge in [-0.25, -0.2) is 4.39 Å². The van der Waals surface area contributed by atoms with Gasteiger partial charge in [0.05, 0.1) is 5.54 Å². The number of thioether (sulfide) groups is 1. The van der Waals surface area contributed by atoms with Crippen molar-refractivity contribution < 1.29 is 14.0 Å². The standard InChI is InChI=1S/C21H22FN5O2S/c1-12(28)25-18(23)13-3-5-14(6-4-13)19(29)26-15-7-8-17(22)16(11-15)21(2)9-10-30-20(24)27-21/h3-8,11H,9-10H2,1-2H3,(H2,24,27)(H,26,29)(H2,23,25,28)/t21-/m0/s1. The first-order valence-electron chi connectivity index (χ1n) is 9.24. The minimum Gasteiger partial charge on any atom is -0.379 e. The number of amides is 2. The van der Waals surface area contributed by atoms with Crippen molar-refractivity contribution in [1.29, 1.82) is 5.41 Å². The van der Waals surface area contributed by atoms with Crippen molar-refractivity contribution >= 4 is 40.3 Å². The number of halogens is 1. The highest BCUT2D eigenvalue weighted by Crippen LogP contribution is 2.37. The van der Waals surface area contributed by atoms with E-state index in [-0.39, 0.29) is 17.6 Å². The summed E-state index contributed by atoms with van der Waals surface area (Å²) in [5, 5.41) is 13.4. The maximum Gasteiger partial charge on any atom is 0.255 e. The third kappa shape index (κ3) is 4.85. The van der Waals surface area contributed by atoms with E-state index in [4.69, 9.17) is 11.1 Å². The van der Waals surface area contributed by atoms with Gasteiger partial charge in [-0.2, -0.15) is 0 Å². The predicted molar refractivity (Wildman–Crippen MR) is 117 cm³/mol. The summed E-state index contributed by atoms with van der Waals surface area (Å²) < 4.78 is 14.5. The molecular formula is C21H22FN5O2S. The number of carbonyl (C=O) groups is 2. The molecule has 0 fully saturated rings. The molecule has 5 N–H and O–H groups in total. The minimum absolute atomic E-state index is 0.0450. The van der Waals surface area contributed by atoms with Crippen molar-refractivity contribution in [1.82, 2.24) is 5.32 Å². The molecule has 0 radical (unpaired) electrons. The Balaban J connectivity index is 1.78. The van der Waals surface area contributed by atoms with Crippen LogP contribution in [-0.2, 0) is 10.3 Å². The lowest BCUT2D eigenvalue weighted by molar-refractivity contribution is -0.117. The Bertz CT molecular complexity index is 1040. The summed E-state index contributed by atoms with van der Waals surface area (Å²) in [7, 11) is 0. The molecule has 30 heavy (non-hydrogen) atoms. The molecule has 9 heteroatoms. The third-order valence-corrected chi connectivity index (χ3v) is 5.53. The fourth-order valence-corrected chi connectivity index (χ4v) is 4.11. The number of hydrogen-bond acceptors (Lipinski definition) is 6. The summed E-state index contributed by atoms with van der Waals surface area (Å²) >= 11 is 1.44. The van der Waals surface area contributed by atoms with Crippen LogP contribution in [0.5, 0.6) is 0 Å². The van der Waals surface area contributed by atoms with Gasteiger partial charge in [0.1, 0.15) is 11.7 Å². The van der Waals surface area contributed by atoms with Crippen molar-refractivity contribution in [2.24, 2.45) is 10.7 Å². The molecule has 1 aliphatic heterocycles. The van der Waals surface area contributed by atoms with E-state index in [0.29, 0.717) is 34.0 Å². The molecule has 2 amide bonds. The van der Waals surface area contributed by atoms with Crippen molar-refractivity contribution in [3.8, 4) is 0 Å². The monoisotopic (exact) mass is 427 g/mol. The highest BCUT2D eigenvalue weighted by molar-refractivity contribution is 8.13. The molecule has 0 aliphatic carbocycles. The van der Waals surface area contributed by atoms with Crippen LogP contribution in [0.15, 0.2) is 47.5 Å². The van der Waals surface area contributed by atoms with Crippen molar-refractivity contribution in [2.45, 2.75) is 25.8 Å². The van der Waals surface area contributed by atoms with Crippen LogP contribution in [0.2, 0.25) is 0 Å². The van der Waals surface area contributed by atoms with Gasteiger partial charge in [-0.15, -0.1) is 0 Å². The van der Waals surface area contributed by atoms with E-state index in [9.17, 15) is 14.0 Å². The van der Waals surface area contributed by atoms with Crippen LogP contribution in [0, 0.1) is 11.2 Å². The van der Waals surface area contributed by atoms with Crippen LogP contribution < -0.4 is 16.4 Å².